The fourth-order valence-electron chi connectivity index (χ4n) is 3.13. The lowest BCUT2D eigenvalue weighted by molar-refractivity contribution is -0.122. The van der Waals surface area contributed by atoms with Crippen molar-refractivity contribution in [2.75, 3.05) is 19.7 Å². The lowest BCUT2D eigenvalue weighted by Gasteiger charge is -2.31. The van der Waals surface area contributed by atoms with Crippen molar-refractivity contribution in [3.05, 3.63) is 34.5 Å². The molecular weight excluding hydrogens is 343 g/mol. The number of fused-ring (bicyclic) bond motifs is 1. The van der Waals surface area contributed by atoms with Crippen LogP contribution in [-0.2, 0) is 16.1 Å². The highest BCUT2D eigenvalue weighted by Crippen LogP contribution is 2.13. The van der Waals surface area contributed by atoms with Crippen LogP contribution in [0.1, 0.15) is 19.8 Å². The number of aromatic nitrogens is 2. The first kappa shape index (κ1) is 18.0. The molecule has 2 N–H and O–H groups in total. The highest BCUT2D eigenvalue weighted by Gasteiger charge is 2.24. The van der Waals surface area contributed by atoms with E-state index in [-0.39, 0.29) is 24.6 Å². The third kappa shape index (κ3) is 3.87. The Kier molecular flexibility index (Phi) is 5.24. The van der Waals surface area contributed by atoms with E-state index < -0.39 is 11.5 Å². The SMILES string of the molecule is CCOC(=O)N1CCC(NC(=O)Cn2c(=O)[nH]c3cc(F)ccc32)CC1. The molecule has 0 bridgehead atoms. The van der Waals surface area contributed by atoms with E-state index in [1.165, 1.54) is 22.8 Å². The molecule has 140 valence electrons. The lowest BCUT2D eigenvalue weighted by atomic mass is 10.1. The number of rotatable bonds is 4. The molecule has 2 amide bonds. The van der Waals surface area contributed by atoms with Crippen molar-refractivity contribution in [2.24, 2.45) is 0 Å². The van der Waals surface area contributed by atoms with Gasteiger partial charge in [0.1, 0.15) is 12.4 Å². The minimum atomic E-state index is -0.460. The largest absolute Gasteiger partial charge is 0.450 e. The molecule has 8 nitrogen and oxygen atoms in total. The lowest BCUT2D eigenvalue weighted by Crippen LogP contribution is -2.47. The minimum Gasteiger partial charge on any atom is -0.450 e. The van der Waals surface area contributed by atoms with Crippen molar-refractivity contribution in [3.8, 4) is 0 Å². The van der Waals surface area contributed by atoms with Gasteiger partial charge in [-0.3, -0.25) is 9.36 Å². The summed E-state index contributed by atoms with van der Waals surface area (Å²) in [6, 6.07) is 3.87. The van der Waals surface area contributed by atoms with Gasteiger partial charge in [0.15, 0.2) is 0 Å². The van der Waals surface area contributed by atoms with E-state index in [0.29, 0.717) is 43.6 Å². The van der Waals surface area contributed by atoms with Gasteiger partial charge in [0.2, 0.25) is 5.91 Å². The molecule has 0 aliphatic carbocycles. The Morgan fingerprint density at radius 1 is 1.35 bits per heavy atom. The van der Waals surface area contributed by atoms with Crippen LogP contribution < -0.4 is 11.0 Å². The van der Waals surface area contributed by atoms with Crippen LogP contribution in [0.15, 0.2) is 23.0 Å². The summed E-state index contributed by atoms with van der Waals surface area (Å²) >= 11 is 0. The second kappa shape index (κ2) is 7.59. The normalized spacial score (nSPS) is 15.2. The number of carbonyl (C=O) groups excluding carboxylic acids is 2. The van der Waals surface area contributed by atoms with Crippen LogP contribution in [0.4, 0.5) is 9.18 Å². The van der Waals surface area contributed by atoms with Gasteiger partial charge < -0.3 is 19.9 Å². The maximum atomic E-state index is 13.2. The number of ether oxygens (including phenoxy) is 1. The van der Waals surface area contributed by atoms with E-state index in [1.54, 1.807) is 11.8 Å². The van der Waals surface area contributed by atoms with Crippen LogP contribution in [0.25, 0.3) is 11.0 Å². The van der Waals surface area contributed by atoms with Crippen molar-refractivity contribution in [1.29, 1.82) is 0 Å². The highest BCUT2D eigenvalue weighted by molar-refractivity contribution is 5.80. The summed E-state index contributed by atoms with van der Waals surface area (Å²) in [4.78, 5) is 40.1. The summed E-state index contributed by atoms with van der Waals surface area (Å²) in [6.07, 6.45) is 0.909. The number of nitrogens with one attached hydrogen (secondary N) is 2. The molecule has 1 fully saturated rings. The predicted molar refractivity (Wildman–Crippen MR) is 92.3 cm³/mol. The maximum absolute atomic E-state index is 13.2. The van der Waals surface area contributed by atoms with Crippen molar-refractivity contribution < 1.29 is 18.7 Å². The monoisotopic (exact) mass is 364 g/mol. The van der Waals surface area contributed by atoms with Gasteiger partial charge in [0.05, 0.1) is 17.6 Å². The molecule has 1 aliphatic rings. The number of carbonyl (C=O) groups is 2. The Morgan fingerprint density at radius 2 is 2.08 bits per heavy atom. The second-order valence-corrected chi connectivity index (χ2v) is 6.21. The van der Waals surface area contributed by atoms with Crippen LogP contribution in [0.2, 0.25) is 0 Å². The fraction of sp³-hybridized carbons (Fsp3) is 0.471. The van der Waals surface area contributed by atoms with E-state index in [4.69, 9.17) is 4.74 Å². The molecule has 0 saturated carbocycles. The number of aromatic amines is 1. The number of H-pyrrole nitrogens is 1. The van der Waals surface area contributed by atoms with E-state index in [2.05, 4.69) is 10.3 Å². The fourth-order valence-corrected chi connectivity index (χ4v) is 3.13. The number of likely N-dealkylation sites (tertiary alicyclic amines) is 1. The first-order chi connectivity index (χ1) is 12.5. The Bertz CT molecular complexity index is 867. The molecule has 0 radical (unpaired) electrons. The van der Waals surface area contributed by atoms with Crippen molar-refractivity contribution >= 4 is 23.0 Å². The first-order valence-corrected chi connectivity index (χ1v) is 8.57. The van der Waals surface area contributed by atoms with Gasteiger partial charge in [-0.25, -0.2) is 14.0 Å². The average molecular weight is 364 g/mol. The van der Waals surface area contributed by atoms with E-state index in [0.717, 1.165) is 0 Å². The third-order valence-corrected chi connectivity index (χ3v) is 4.42. The minimum absolute atomic E-state index is 0.0634. The smallest absolute Gasteiger partial charge is 0.409 e. The molecule has 1 aromatic heterocycles. The molecule has 0 unspecified atom stereocenters. The van der Waals surface area contributed by atoms with E-state index in [1.807, 2.05) is 0 Å². The zero-order valence-corrected chi connectivity index (χ0v) is 14.5. The Balaban J connectivity index is 1.58. The number of piperidine rings is 1. The molecule has 9 heteroatoms. The van der Waals surface area contributed by atoms with Gasteiger partial charge in [0, 0.05) is 19.1 Å². The van der Waals surface area contributed by atoms with Gasteiger partial charge in [0.25, 0.3) is 0 Å². The molecule has 0 spiro atoms. The molecular formula is C17H21FN4O4. The Morgan fingerprint density at radius 3 is 2.77 bits per heavy atom. The summed E-state index contributed by atoms with van der Waals surface area (Å²) < 4.78 is 19.5. The predicted octanol–water partition coefficient (Wildman–Crippen LogP) is 1.21. The van der Waals surface area contributed by atoms with Gasteiger partial charge in [-0.05, 0) is 38.0 Å². The quantitative estimate of drug-likeness (QED) is 0.852. The van der Waals surface area contributed by atoms with Crippen LogP contribution in [0, 0.1) is 5.82 Å². The zero-order valence-electron chi connectivity index (χ0n) is 14.5. The van der Waals surface area contributed by atoms with Crippen LogP contribution in [0.3, 0.4) is 0 Å². The van der Waals surface area contributed by atoms with Gasteiger partial charge in [-0.15, -0.1) is 0 Å². The molecule has 3 rings (SSSR count). The number of benzene rings is 1. The summed E-state index contributed by atoms with van der Waals surface area (Å²) in [7, 11) is 0. The van der Waals surface area contributed by atoms with Gasteiger partial charge in [-0.2, -0.15) is 0 Å². The maximum Gasteiger partial charge on any atom is 0.409 e. The molecule has 1 aliphatic heterocycles. The highest BCUT2D eigenvalue weighted by atomic mass is 19.1. The van der Waals surface area contributed by atoms with E-state index >= 15 is 0 Å². The Hall–Kier alpha value is -2.84. The van der Waals surface area contributed by atoms with Crippen molar-refractivity contribution in [3.63, 3.8) is 0 Å². The third-order valence-electron chi connectivity index (χ3n) is 4.42. The molecule has 1 aromatic carbocycles. The summed E-state index contributed by atoms with van der Waals surface area (Å²) in [5.41, 5.74) is 0.368. The van der Waals surface area contributed by atoms with Crippen LogP contribution >= 0.6 is 0 Å². The van der Waals surface area contributed by atoms with Gasteiger partial charge >= 0.3 is 11.8 Å². The number of imidazole rings is 1. The molecule has 26 heavy (non-hydrogen) atoms. The number of amides is 2. The summed E-state index contributed by atoms with van der Waals surface area (Å²) in [5.74, 6) is -0.754. The topological polar surface area (TPSA) is 96.4 Å². The van der Waals surface area contributed by atoms with Crippen molar-refractivity contribution in [1.82, 2.24) is 19.8 Å². The molecule has 2 heterocycles. The van der Waals surface area contributed by atoms with Crippen LogP contribution in [-0.4, -0.2) is 52.2 Å². The first-order valence-electron chi connectivity index (χ1n) is 8.57. The number of nitrogens with zero attached hydrogens (tertiary/aromatic N) is 2. The Labute approximate surface area is 148 Å². The van der Waals surface area contributed by atoms with Gasteiger partial charge in [-0.1, -0.05) is 0 Å². The summed E-state index contributed by atoms with van der Waals surface area (Å²) in [6.45, 7) is 2.96. The summed E-state index contributed by atoms with van der Waals surface area (Å²) in [5, 5.41) is 2.89. The molecule has 2 aromatic rings. The van der Waals surface area contributed by atoms with E-state index in [9.17, 15) is 18.8 Å². The standard InChI is InChI=1S/C17H21FN4O4/c1-2-26-17(25)21-7-5-12(6-8-21)19-15(23)10-22-14-4-3-11(18)9-13(14)20-16(22)24/h3-4,9,12H,2,5-8,10H2,1H3,(H,19,23)(H,20,24). The number of halogens is 1. The van der Waals surface area contributed by atoms with Crippen LogP contribution in [0.5, 0.6) is 0 Å². The zero-order chi connectivity index (χ0) is 18.7. The number of hydrogen-bond donors (Lipinski definition) is 2. The average Bonchev–Trinajstić information content (AvgIpc) is 2.90. The molecule has 1 saturated heterocycles. The second-order valence-electron chi connectivity index (χ2n) is 6.21. The number of hydrogen-bond acceptors (Lipinski definition) is 4. The molecule has 0 atom stereocenters. The van der Waals surface area contributed by atoms with Crippen molar-refractivity contribution in [2.45, 2.75) is 32.4 Å².